The molecule has 3 heterocycles. The molecule has 6 rings (SSSR count). The highest BCUT2D eigenvalue weighted by atomic mass is 32.2. The van der Waals surface area contributed by atoms with Crippen LogP contribution in [0, 0.1) is 0 Å². The summed E-state index contributed by atoms with van der Waals surface area (Å²) in [5.74, 6) is 0.771. The zero-order valence-electron chi connectivity index (χ0n) is 18.3. The molecule has 0 aliphatic rings. The second-order valence-corrected chi connectivity index (χ2v) is 8.25. The minimum Gasteiger partial charge on any atom is -0.506 e. The summed E-state index contributed by atoms with van der Waals surface area (Å²) in [4.78, 5) is 10.1. The van der Waals surface area contributed by atoms with Crippen LogP contribution in [0.3, 0.4) is 0 Å². The summed E-state index contributed by atoms with van der Waals surface area (Å²) in [6.07, 6.45) is 1.66. The van der Waals surface area contributed by atoms with E-state index in [9.17, 15) is 5.11 Å². The lowest BCUT2D eigenvalue weighted by atomic mass is 10.2. The Labute approximate surface area is 185 Å². The number of hydrogen-bond donors (Lipinski definition) is 1. The van der Waals surface area contributed by atoms with Crippen molar-refractivity contribution in [3.05, 3.63) is 97.1 Å². The summed E-state index contributed by atoms with van der Waals surface area (Å²) < 4.78 is 18.2. The van der Waals surface area contributed by atoms with Crippen LogP contribution in [0.1, 0.15) is 2.74 Å². The van der Waals surface area contributed by atoms with Gasteiger partial charge in [-0.05, 0) is 48.5 Å². The zero-order valence-corrected chi connectivity index (χ0v) is 17.1. The highest BCUT2D eigenvalue weighted by Gasteiger charge is 2.14. The smallest absolute Gasteiger partial charge is 0.141 e. The Kier molecular flexibility index (Phi) is 3.67. The standard InChI is InChI=1S/C26H17N3OS/c30-23-9-5-6-17-11-14-25(28-26(17)23)31-18-12-13-20-19-7-1-2-8-21(19)29(22(20)16-18)24-10-3-4-15-27-24/h1-16,30H/i3D,6D. The predicted octanol–water partition coefficient (Wildman–Crippen LogP) is 6.58. The van der Waals surface area contributed by atoms with Crippen LogP contribution in [0.5, 0.6) is 5.75 Å². The number of phenolic OH excluding ortho intramolecular Hbond substituents is 1. The van der Waals surface area contributed by atoms with Crippen molar-refractivity contribution in [3.8, 4) is 11.6 Å². The Morgan fingerprint density at radius 1 is 0.871 bits per heavy atom. The van der Waals surface area contributed by atoms with E-state index in [2.05, 4.69) is 44.9 Å². The van der Waals surface area contributed by atoms with Crippen LogP contribution >= 0.6 is 11.8 Å². The summed E-state index contributed by atoms with van der Waals surface area (Å²) in [5.41, 5.74) is 2.46. The predicted molar refractivity (Wildman–Crippen MR) is 126 cm³/mol. The van der Waals surface area contributed by atoms with E-state index < -0.39 is 0 Å². The molecule has 0 saturated carbocycles. The molecule has 5 heteroatoms. The number of phenols is 1. The molecule has 0 amide bonds. The Morgan fingerprint density at radius 3 is 2.71 bits per heavy atom. The summed E-state index contributed by atoms with van der Waals surface area (Å²) in [6, 6.07) is 25.4. The molecule has 0 saturated heterocycles. The molecule has 0 atom stereocenters. The summed E-state index contributed by atoms with van der Waals surface area (Å²) in [7, 11) is 0. The molecule has 0 aliphatic carbocycles. The fourth-order valence-electron chi connectivity index (χ4n) is 3.92. The second kappa shape index (κ2) is 7.15. The molecule has 31 heavy (non-hydrogen) atoms. The van der Waals surface area contributed by atoms with Gasteiger partial charge in [0.1, 0.15) is 22.1 Å². The molecule has 1 N–H and O–H groups in total. The highest BCUT2D eigenvalue weighted by molar-refractivity contribution is 7.99. The third-order valence-electron chi connectivity index (χ3n) is 5.28. The van der Waals surface area contributed by atoms with Gasteiger partial charge in [-0.25, -0.2) is 9.97 Å². The number of aromatic nitrogens is 3. The van der Waals surface area contributed by atoms with Crippen molar-refractivity contribution >= 4 is 44.5 Å². The fourth-order valence-corrected chi connectivity index (χ4v) is 4.74. The molecule has 3 aromatic carbocycles. The van der Waals surface area contributed by atoms with Gasteiger partial charge in [-0.1, -0.05) is 54.2 Å². The molecule has 0 spiro atoms. The van der Waals surface area contributed by atoms with E-state index in [0.717, 1.165) is 31.7 Å². The molecule has 6 aromatic rings. The number of para-hydroxylation sites is 2. The molecular formula is C26H17N3OS. The Balaban J connectivity index is 1.51. The van der Waals surface area contributed by atoms with Gasteiger partial charge in [0.25, 0.3) is 0 Å². The van der Waals surface area contributed by atoms with Crippen molar-refractivity contribution in [1.29, 1.82) is 0 Å². The number of pyridine rings is 2. The van der Waals surface area contributed by atoms with Gasteiger partial charge in [-0.15, -0.1) is 0 Å². The number of nitrogens with zero attached hydrogens (tertiary/aromatic N) is 3. The van der Waals surface area contributed by atoms with Crippen LogP contribution in [0.15, 0.2) is 107 Å². The number of fused-ring (bicyclic) bond motifs is 4. The van der Waals surface area contributed by atoms with Crippen LogP contribution in [0.2, 0.25) is 0 Å². The Morgan fingerprint density at radius 2 is 1.77 bits per heavy atom. The van der Waals surface area contributed by atoms with Crippen LogP contribution < -0.4 is 0 Å². The number of hydrogen-bond acceptors (Lipinski definition) is 4. The van der Waals surface area contributed by atoms with Gasteiger partial charge in [0.15, 0.2) is 0 Å². The van der Waals surface area contributed by atoms with Crippen molar-refractivity contribution in [2.24, 2.45) is 0 Å². The van der Waals surface area contributed by atoms with Crippen LogP contribution in [0.4, 0.5) is 0 Å². The molecule has 0 bridgehead atoms. The van der Waals surface area contributed by atoms with Crippen LogP contribution in [-0.4, -0.2) is 19.6 Å². The molecular weight excluding hydrogens is 402 g/mol. The van der Waals surface area contributed by atoms with Crippen LogP contribution in [0.25, 0.3) is 38.5 Å². The first-order valence-electron chi connectivity index (χ1n) is 10.8. The maximum atomic E-state index is 10.2. The van der Waals surface area contributed by atoms with E-state index in [1.807, 2.05) is 24.3 Å². The van der Waals surface area contributed by atoms with Gasteiger partial charge in [0.2, 0.25) is 0 Å². The van der Waals surface area contributed by atoms with Crippen molar-refractivity contribution < 1.29 is 7.85 Å². The third-order valence-corrected chi connectivity index (χ3v) is 6.21. The minimum atomic E-state index is 0.0698. The van der Waals surface area contributed by atoms with Crippen molar-refractivity contribution in [2.45, 2.75) is 9.92 Å². The van der Waals surface area contributed by atoms with Gasteiger partial charge in [-0.3, -0.25) is 4.57 Å². The molecule has 148 valence electrons. The normalized spacial score (nSPS) is 12.4. The van der Waals surface area contributed by atoms with Gasteiger partial charge in [-0.2, -0.15) is 0 Å². The van der Waals surface area contributed by atoms with E-state index in [-0.39, 0.29) is 5.75 Å². The second-order valence-electron chi connectivity index (χ2n) is 7.16. The maximum Gasteiger partial charge on any atom is 0.141 e. The fraction of sp³-hybridized carbons (Fsp3) is 0. The van der Waals surface area contributed by atoms with Crippen molar-refractivity contribution in [2.75, 3.05) is 0 Å². The maximum absolute atomic E-state index is 10.2. The third kappa shape index (κ3) is 3.02. The summed E-state index contributed by atoms with van der Waals surface area (Å²) in [5, 5.41) is 13.8. The van der Waals surface area contributed by atoms with E-state index in [4.69, 9.17) is 2.74 Å². The van der Waals surface area contributed by atoms with Gasteiger partial charge >= 0.3 is 0 Å². The number of benzene rings is 3. The van der Waals surface area contributed by atoms with Gasteiger partial charge < -0.3 is 5.11 Å². The first-order valence-corrected chi connectivity index (χ1v) is 10.6. The lowest BCUT2D eigenvalue weighted by Gasteiger charge is -2.08. The monoisotopic (exact) mass is 421 g/mol. The molecule has 0 unspecified atom stereocenters. The zero-order chi connectivity index (χ0) is 22.5. The molecule has 4 nitrogen and oxygen atoms in total. The Bertz CT molecular complexity index is 1700. The minimum absolute atomic E-state index is 0.0698. The average Bonchev–Trinajstić information content (AvgIpc) is 3.15. The molecule has 3 aromatic heterocycles. The topological polar surface area (TPSA) is 50.9 Å². The SMILES string of the molecule is [2H]c1ccnc(-n2c3ccccc3c3ccc(Sc4ccc5c([2H])ccc(O)c5n4)cc32)c1. The molecule has 0 radical (unpaired) electrons. The quantitative estimate of drug-likeness (QED) is 0.350. The molecule has 0 aliphatic heterocycles. The Hall–Kier alpha value is -3.83. The summed E-state index contributed by atoms with van der Waals surface area (Å²) >= 11 is 1.49. The largest absolute Gasteiger partial charge is 0.506 e. The van der Waals surface area contributed by atoms with Gasteiger partial charge in [0.05, 0.1) is 13.8 Å². The first-order chi connectivity index (χ1) is 16.1. The van der Waals surface area contributed by atoms with Gasteiger partial charge in [0, 0.05) is 27.3 Å². The summed E-state index contributed by atoms with van der Waals surface area (Å²) in [6.45, 7) is 0. The van der Waals surface area contributed by atoms with Crippen LogP contribution in [-0.2, 0) is 0 Å². The number of aromatic hydroxyl groups is 1. The first kappa shape index (κ1) is 15.9. The average molecular weight is 422 g/mol. The van der Waals surface area contributed by atoms with E-state index in [1.54, 1.807) is 24.4 Å². The van der Waals surface area contributed by atoms with E-state index >= 15 is 0 Å². The lowest BCUT2D eigenvalue weighted by Crippen LogP contribution is -1.96. The van der Waals surface area contributed by atoms with Crippen molar-refractivity contribution in [1.82, 2.24) is 14.5 Å². The van der Waals surface area contributed by atoms with Crippen molar-refractivity contribution in [3.63, 3.8) is 0 Å². The number of rotatable bonds is 3. The molecule has 0 fully saturated rings. The van der Waals surface area contributed by atoms with E-state index in [0.29, 0.717) is 28.8 Å². The lowest BCUT2D eigenvalue weighted by molar-refractivity contribution is 0.480. The van der Waals surface area contributed by atoms with E-state index in [1.165, 1.54) is 17.8 Å². The highest BCUT2D eigenvalue weighted by Crippen LogP contribution is 2.36.